The normalized spacial score (nSPS) is 11.8. The first-order valence-corrected chi connectivity index (χ1v) is 13.1. The molecule has 0 aliphatic rings. The first-order valence-electron chi connectivity index (χ1n) is 9.53. The molecule has 0 heterocycles. The zero-order chi connectivity index (χ0) is 24.7. The van der Waals surface area contributed by atoms with E-state index in [2.05, 4.69) is 9.37 Å². The van der Waals surface area contributed by atoms with Crippen molar-refractivity contribution in [3.63, 3.8) is 0 Å². The smallest absolute Gasteiger partial charge is 0.744 e. The van der Waals surface area contributed by atoms with Gasteiger partial charge < -0.3 is 23.8 Å². The summed E-state index contributed by atoms with van der Waals surface area (Å²) in [4.78, 5) is -1.14. The molecule has 0 fully saturated rings. The van der Waals surface area contributed by atoms with E-state index < -0.39 is 30.0 Å². The largest absolute Gasteiger partial charge is 1.00 e. The molecular weight excluding hydrogens is 581 g/mol. The van der Waals surface area contributed by atoms with Crippen molar-refractivity contribution in [2.75, 3.05) is 20.3 Å². The van der Waals surface area contributed by atoms with Gasteiger partial charge in [0.1, 0.15) is 26.0 Å². The molecule has 0 aliphatic carbocycles. The maximum Gasteiger partial charge on any atom is 1.00 e. The molecule has 0 N–H and O–H groups in total. The predicted molar refractivity (Wildman–Crippen MR) is 116 cm³/mol. The molecule has 4 aromatic carbocycles. The molecule has 0 spiro atoms. The molecule has 0 saturated heterocycles. The molecule has 4 aromatic rings. The van der Waals surface area contributed by atoms with Gasteiger partial charge in [-0.3, -0.25) is 5.04 Å². The summed E-state index contributed by atoms with van der Waals surface area (Å²) in [6, 6.07) is 7.82. The molecule has 0 atom stereocenters. The summed E-state index contributed by atoms with van der Waals surface area (Å²) in [6.07, 6.45) is 0.476. The van der Waals surface area contributed by atoms with Crippen molar-refractivity contribution in [1.82, 2.24) is 0 Å². The molecule has 37 heavy (non-hydrogen) atoms. The van der Waals surface area contributed by atoms with Crippen molar-refractivity contribution in [1.29, 1.82) is 0 Å². The Balaban J connectivity index is 0.00000228. The minimum atomic E-state index is -5.01. The summed E-state index contributed by atoms with van der Waals surface area (Å²) >= 11 is 0.373. The Hall–Kier alpha value is 0.730. The first kappa shape index (κ1) is 35.8. The monoisotopic (exact) mass is 596 g/mol. The number of hydrogen-bond acceptors (Lipinski definition) is 12. The molecule has 0 aliphatic heterocycles. The van der Waals surface area contributed by atoms with Crippen molar-refractivity contribution in [3.8, 4) is 5.75 Å². The molecule has 0 amide bonds. The van der Waals surface area contributed by atoms with Crippen molar-refractivity contribution >= 4 is 64.6 Å². The number of benzene rings is 4. The third-order valence-corrected chi connectivity index (χ3v) is 7.58. The van der Waals surface area contributed by atoms with Crippen LogP contribution in [0.25, 0.3) is 32.3 Å². The SMILES string of the molecule is COCCCOc1cc(S(=O)(=O)[O-])c2ccc3c(S(=O)(=O)[O-])cc(SOO[O-])c4ccc1c2c43.[Na+].[Na+].[Na+]. The van der Waals surface area contributed by atoms with Gasteiger partial charge in [-0.05, 0) is 29.0 Å². The summed E-state index contributed by atoms with van der Waals surface area (Å²) in [5.74, 6) is 0.0798. The predicted octanol–water partition coefficient (Wildman–Crippen LogP) is -6.95. The van der Waals surface area contributed by atoms with Gasteiger partial charge in [0.2, 0.25) is 0 Å². The van der Waals surface area contributed by atoms with E-state index in [0.717, 1.165) is 12.1 Å². The molecule has 0 saturated carbocycles. The van der Waals surface area contributed by atoms with E-state index in [-0.39, 0.29) is 127 Å². The topological polar surface area (TPSA) is 174 Å². The van der Waals surface area contributed by atoms with E-state index in [1.165, 1.54) is 19.2 Å². The molecule has 4 rings (SSSR count). The van der Waals surface area contributed by atoms with Crippen LogP contribution >= 0.6 is 12.0 Å². The second-order valence-electron chi connectivity index (χ2n) is 7.14. The summed E-state index contributed by atoms with van der Waals surface area (Å²) < 4.78 is 87.4. The van der Waals surface area contributed by atoms with Crippen LogP contribution in [-0.2, 0) is 34.3 Å². The molecule has 0 bridgehead atoms. The third kappa shape index (κ3) is 7.52. The van der Waals surface area contributed by atoms with Crippen LogP contribution in [0, 0.1) is 0 Å². The van der Waals surface area contributed by atoms with Gasteiger partial charge in [-0.1, -0.05) is 18.2 Å². The Bertz CT molecular complexity index is 1600. The van der Waals surface area contributed by atoms with Gasteiger partial charge in [0.25, 0.3) is 0 Å². The minimum Gasteiger partial charge on any atom is -0.744 e. The molecule has 0 aromatic heterocycles. The van der Waals surface area contributed by atoms with E-state index in [4.69, 9.17) is 9.47 Å². The van der Waals surface area contributed by atoms with E-state index >= 15 is 0 Å². The third-order valence-electron chi connectivity index (χ3n) is 5.19. The Labute approximate surface area is 283 Å². The van der Waals surface area contributed by atoms with Gasteiger partial charge in [0, 0.05) is 46.6 Å². The van der Waals surface area contributed by atoms with Crippen LogP contribution in [-0.4, -0.2) is 46.3 Å². The fourth-order valence-corrected chi connectivity index (χ4v) is 5.90. The molecular formula is C20H15Na3O11S3. The molecule has 11 nitrogen and oxygen atoms in total. The fraction of sp³-hybridized carbons (Fsp3) is 0.200. The van der Waals surface area contributed by atoms with Crippen molar-refractivity contribution < 1.29 is 139 Å². The van der Waals surface area contributed by atoms with Gasteiger partial charge in [-0.25, -0.2) is 16.8 Å². The van der Waals surface area contributed by atoms with Crippen LogP contribution in [0.1, 0.15) is 6.42 Å². The van der Waals surface area contributed by atoms with E-state index in [1.54, 1.807) is 12.1 Å². The number of hydrogen-bond donors (Lipinski definition) is 0. The number of ether oxygens (including phenoxy) is 2. The van der Waals surface area contributed by atoms with Gasteiger partial charge in [-0.15, -0.1) is 0 Å². The summed E-state index contributed by atoms with van der Waals surface area (Å²) in [5.41, 5.74) is 0. The summed E-state index contributed by atoms with van der Waals surface area (Å²) in [6.45, 7) is 0.526. The Morgan fingerprint density at radius 2 is 1.30 bits per heavy atom. The maximum atomic E-state index is 12.1. The molecule has 0 unspecified atom stereocenters. The average molecular weight is 597 g/mol. The summed E-state index contributed by atoms with van der Waals surface area (Å²) in [7, 11) is -8.47. The van der Waals surface area contributed by atoms with E-state index in [9.17, 15) is 31.2 Å². The second-order valence-corrected chi connectivity index (χ2v) is 10.6. The van der Waals surface area contributed by atoms with Gasteiger partial charge in [0.15, 0.2) is 0 Å². The molecule has 0 radical (unpaired) electrons. The number of methoxy groups -OCH3 is 1. The summed E-state index contributed by atoms with van der Waals surface area (Å²) in [5, 5.41) is 14.8. The average Bonchev–Trinajstić information content (AvgIpc) is 2.77. The maximum absolute atomic E-state index is 12.1. The molecule has 17 heteroatoms. The fourth-order valence-electron chi connectivity index (χ4n) is 3.90. The Morgan fingerprint density at radius 3 is 1.84 bits per heavy atom. The van der Waals surface area contributed by atoms with Gasteiger partial charge >= 0.3 is 88.7 Å². The van der Waals surface area contributed by atoms with Crippen LogP contribution in [0.3, 0.4) is 0 Å². The van der Waals surface area contributed by atoms with E-state index in [1.807, 2.05) is 0 Å². The number of rotatable bonds is 10. The Kier molecular flexibility index (Phi) is 14.1. The first-order chi connectivity index (χ1) is 16.1. The van der Waals surface area contributed by atoms with Crippen molar-refractivity contribution in [2.24, 2.45) is 0 Å². The van der Waals surface area contributed by atoms with Crippen LogP contribution < -0.4 is 98.7 Å². The van der Waals surface area contributed by atoms with E-state index in [0.29, 0.717) is 35.8 Å². The zero-order valence-corrected chi connectivity index (χ0v) is 28.8. The van der Waals surface area contributed by atoms with Crippen LogP contribution in [0.2, 0.25) is 0 Å². The van der Waals surface area contributed by atoms with Crippen LogP contribution in [0.4, 0.5) is 0 Å². The van der Waals surface area contributed by atoms with Crippen LogP contribution in [0.15, 0.2) is 51.1 Å². The quantitative estimate of drug-likeness (QED) is 0.0322. The minimum absolute atomic E-state index is 0. The van der Waals surface area contributed by atoms with Gasteiger partial charge in [0.05, 0.1) is 28.4 Å². The second kappa shape index (κ2) is 14.6. The van der Waals surface area contributed by atoms with Gasteiger partial charge in [-0.2, -0.15) is 4.33 Å². The molecule has 182 valence electrons. The zero-order valence-electron chi connectivity index (χ0n) is 20.3. The Morgan fingerprint density at radius 1 is 0.784 bits per heavy atom. The van der Waals surface area contributed by atoms with Crippen molar-refractivity contribution in [2.45, 2.75) is 21.1 Å². The standard InChI is InChI=1S/C20H18O11S3.3Na/c1-28-7-2-8-29-15-9-17(33(22,23)24)13-5-6-14-18(34(25,26)27)10-16(32-31-30-21)12-4-3-11(15)19(13)20(12)14;;;/h3-6,9-10,21H,2,7-8H2,1H3,(H,22,23,24)(H,25,26,27);;;/q;3*+1/p-3. The van der Waals surface area contributed by atoms with Crippen LogP contribution in [0.5, 0.6) is 5.75 Å². The van der Waals surface area contributed by atoms with Crippen molar-refractivity contribution in [3.05, 3.63) is 36.4 Å².